The third-order valence-electron chi connectivity index (χ3n) is 6.05. The van der Waals surface area contributed by atoms with Gasteiger partial charge in [-0.25, -0.2) is 14.1 Å². The zero-order valence-corrected chi connectivity index (χ0v) is 16.4. The van der Waals surface area contributed by atoms with Crippen LogP contribution in [0.5, 0.6) is 0 Å². The summed E-state index contributed by atoms with van der Waals surface area (Å²) in [5, 5.41) is 1.78. The zero-order chi connectivity index (χ0) is 20.9. The Labute approximate surface area is 167 Å². The van der Waals surface area contributed by atoms with Crippen LogP contribution in [0.2, 0.25) is 0 Å². The zero-order valence-electron chi connectivity index (χ0n) is 16.4. The number of anilines is 1. The Hall–Kier alpha value is -3.06. The molecule has 4 atom stereocenters. The molecule has 0 spiro atoms. The van der Waals surface area contributed by atoms with Gasteiger partial charge in [-0.15, -0.1) is 0 Å². The fourth-order valence-corrected chi connectivity index (χ4v) is 4.70. The average molecular weight is 397 g/mol. The number of methoxy groups -OCH3 is 1. The molecule has 6 nitrogen and oxygen atoms in total. The van der Waals surface area contributed by atoms with E-state index in [-0.39, 0.29) is 5.91 Å². The number of carbonyl (C=O) groups excluding carboxylic acids is 3. The number of fused-ring (bicyclic) bond motifs is 1. The second-order valence-corrected chi connectivity index (χ2v) is 7.87. The third kappa shape index (κ3) is 2.84. The predicted octanol–water partition coefficient (Wildman–Crippen LogP) is 1.49. The van der Waals surface area contributed by atoms with Crippen LogP contribution in [-0.2, 0) is 19.1 Å². The van der Waals surface area contributed by atoms with Gasteiger partial charge in [0.15, 0.2) is 0 Å². The number of hydrogen-bond donors (Lipinski definition) is 1. The number of esters is 1. The summed E-state index contributed by atoms with van der Waals surface area (Å²) < 4.78 is 18.3. The van der Waals surface area contributed by atoms with Crippen molar-refractivity contribution >= 4 is 23.5 Å². The lowest BCUT2D eigenvalue weighted by atomic mass is 9.80. The van der Waals surface area contributed by atoms with Crippen molar-refractivity contribution in [2.45, 2.75) is 25.4 Å². The first-order valence-electron chi connectivity index (χ1n) is 9.42. The molecule has 2 N–H and O–H groups in total. The van der Waals surface area contributed by atoms with E-state index in [1.54, 1.807) is 12.2 Å². The molecule has 2 aliphatic heterocycles. The summed E-state index contributed by atoms with van der Waals surface area (Å²) in [5.41, 5.74) is 0.946. The number of ether oxygens (including phenoxy) is 1. The molecule has 2 saturated heterocycles. The van der Waals surface area contributed by atoms with Crippen LogP contribution < -0.4 is 10.2 Å². The minimum atomic E-state index is -1.24. The molecule has 0 bridgehead atoms. The Morgan fingerprint density at radius 3 is 2.45 bits per heavy atom. The summed E-state index contributed by atoms with van der Waals surface area (Å²) in [6.45, 7) is 3.59. The van der Waals surface area contributed by atoms with E-state index in [0.717, 1.165) is 16.0 Å². The highest BCUT2D eigenvalue weighted by atomic mass is 19.1. The predicted molar refractivity (Wildman–Crippen MR) is 102 cm³/mol. The summed E-state index contributed by atoms with van der Waals surface area (Å²) in [6, 6.07) is 12.5. The Morgan fingerprint density at radius 2 is 1.83 bits per heavy atom. The summed E-state index contributed by atoms with van der Waals surface area (Å²) in [4.78, 5) is 40.5. The smallest absolute Gasteiger partial charge is 0.368 e. The summed E-state index contributed by atoms with van der Waals surface area (Å²) in [7, 11) is 1.27. The van der Waals surface area contributed by atoms with Crippen molar-refractivity contribution in [3.05, 3.63) is 65.5 Å². The van der Waals surface area contributed by atoms with Crippen molar-refractivity contribution in [3.8, 4) is 0 Å². The van der Waals surface area contributed by atoms with Gasteiger partial charge in [0.2, 0.25) is 17.4 Å². The number of benzene rings is 2. The molecule has 150 valence electrons. The van der Waals surface area contributed by atoms with Gasteiger partial charge in [-0.2, -0.15) is 0 Å². The first-order chi connectivity index (χ1) is 13.8. The number of aryl methyl sites for hydroxylation is 1. The first-order valence-corrected chi connectivity index (χ1v) is 9.42. The Morgan fingerprint density at radius 1 is 1.14 bits per heavy atom. The van der Waals surface area contributed by atoms with Gasteiger partial charge in [-0.1, -0.05) is 29.8 Å². The molecule has 2 aliphatic rings. The third-order valence-corrected chi connectivity index (χ3v) is 6.05. The quantitative estimate of drug-likeness (QED) is 0.629. The van der Waals surface area contributed by atoms with E-state index in [0.29, 0.717) is 5.69 Å². The molecule has 0 saturated carbocycles. The molecule has 2 fully saturated rings. The fraction of sp³-hybridized carbons (Fsp3) is 0.318. The summed E-state index contributed by atoms with van der Waals surface area (Å²) in [5.74, 6) is -3.47. The molecule has 0 unspecified atom stereocenters. The number of halogens is 1. The second-order valence-electron chi connectivity index (χ2n) is 7.87. The minimum absolute atomic E-state index is 0.297. The molecule has 29 heavy (non-hydrogen) atoms. The maximum atomic E-state index is 13.4. The van der Waals surface area contributed by atoms with Crippen molar-refractivity contribution in [2.75, 3.05) is 12.0 Å². The van der Waals surface area contributed by atoms with Crippen LogP contribution in [0.15, 0.2) is 48.5 Å². The van der Waals surface area contributed by atoms with Crippen molar-refractivity contribution in [2.24, 2.45) is 11.8 Å². The normalized spacial score (nSPS) is 28.6. The van der Waals surface area contributed by atoms with Crippen LogP contribution in [-0.4, -0.2) is 30.4 Å². The molecule has 2 heterocycles. The van der Waals surface area contributed by atoms with E-state index in [4.69, 9.17) is 4.74 Å². The van der Waals surface area contributed by atoms with Crippen molar-refractivity contribution in [3.63, 3.8) is 0 Å². The number of nitrogens with zero attached hydrogens (tertiary/aromatic N) is 1. The van der Waals surface area contributed by atoms with Gasteiger partial charge in [0, 0.05) is 12.5 Å². The van der Waals surface area contributed by atoms with Crippen molar-refractivity contribution in [1.29, 1.82) is 0 Å². The first kappa shape index (κ1) is 19.3. The number of rotatable bonds is 3. The van der Waals surface area contributed by atoms with Gasteiger partial charge in [-0.05, 0) is 31.2 Å². The van der Waals surface area contributed by atoms with Gasteiger partial charge in [0.1, 0.15) is 23.7 Å². The fourth-order valence-electron chi connectivity index (χ4n) is 4.70. The van der Waals surface area contributed by atoms with Crippen molar-refractivity contribution < 1.29 is 28.8 Å². The number of imide groups is 1. The highest BCUT2D eigenvalue weighted by molar-refractivity contribution is 6.23. The minimum Gasteiger partial charge on any atom is -0.464 e. The van der Waals surface area contributed by atoms with Crippen LogP contribution in [0, 0.1) is 24.6 Å². The topological polar surface area (TPSA) is 80.3 Å². The maximum absolute atomic E-state index is 13.4. The van der Waals surface area contributed by atoms with Gasteiger partial charge in [0.05, 0.1) is 12.8 Å². The van der Waals surface area contributed by atoms with E-state index in [2.05, 4.69) is 0 Å². The molecule has 0 aromatic heterocycles. The average Bonchev–Trinajstić information content (AvgIpc) is 3.16. The highest BCUT2D eigenvalue weighted by Crippen LogP contribution is 2.45. The molecule has 2 aromatic rings. The lowest BCUT2D eigenvalue weighted by molar-refractivity contribution is -0.730. The summed E-state index contributed by atoms with van der Waals surface area (Å²) in [6.07, 6.45) is 0. The second kappa shape index (κ2) is 6.77. The molecule has 0 radical (unpaired) electrons. The lowest BCUT2D eigenvalue weighted by Gasteiger charge is -2.25. The maximum Gasteiger partial charge on any atom is 0.368 e. The number of carbonyl (C=O) groups is 3. The number of nitrogens with two attached hydrogens (primary N) is 1. The molecule has 0 aliphatic carbocycles. The van der Waals surface area contributed by atoms with Crippen LogP contribution >= 0.6 is 0 Å². The number of hydrogen-bond acceptors (Lipinski definition) is 4. The lowest BCUT2D eigenvalue weighted by Crippen LogP contribution is -2.97. The number of amides is 2. The Bertz CT molecular complexity index is 1010. The van der Waals surface area contributed by atoms with E-state index in [1.807, 2.05) is 31.2 Å². The monoisotopic (exact) mass is 397 g/mol. The molecule has 2 aromatic carbocycles. The number of quaternary nitrogens is 1. The van der Waals surface area contributed by atoms with E-state index < -0.39 is 41.1 Å². The van der Waals surface area contributed by atoms with Crippen LogP contribution in [0.25, 0.3) is 0 Å². The van der Waals surface area contributed by atoms with Gasteiger partial charge in [-0.3, -0.25) is 9.59 Å². The molecular formula is C22H22FN2O4+. The van der Waals surface area contributed by atoms with Gasteiger partial charge >= 0.3 is 5.97 Å². The molecular weight excluding hydrogens is 375 g/mol. The van der Waals surface area contributed by atoms with Crippen LogP contribution in [0.4, 0.5) is 10.1 Å². The molecule has 2 amide bonds. The van der Waals surface area contributed by atoms with Gasteiger partial charge in [0.25, 0.3) is 0 Å². The standard InChI is InChI=1S/C22H21FN2O4/c1-12-5-4-6-13(11-12)18-16-17(22(2,24-18)21(28)29-3)20(27)25(19(16)26)15-9-7-14(23)8-10-15/h4-11,16-18,24H,1-3H3/p+1/t16-,17+,18+,22+/m1/s1. The van der Waals surface area contributed by atoms with E-state index >= 15 is 0 Å². The van der Waals surface area contributed by atoms with Crippen LogP contribution in [0.3, 0.4) is 0 Å². The van der Waals surface area contributed by atoms with E-state index in [1.165, 1.54) is 31.4 Å². The molecule has 4 rings (SSSR count). The SMILES string of the molecule is COC(=O)[C@@]1(C)[NH2+][C@@H](c2cccc(C)c2)[C@@H]2C(=O)N(c3ccc(F)cc3)C(=O)[C@H]21. The summed E-state index contributed by atoms with van der Waals surface area (Å²) >= 11 is 0. The molecule has 7 heteroatoms. The largest absolute Gasteiger partial charge is 0.464 e. The van der Waals surface area contributed by atoms with Gasteiger partial charge < -0.3 is 10.1 Å². The Balaban J connectivity index is 1.83. The Kier molecular flexibility index (Phi) is 4.50. The van der Waals surface area contributed by atoms with Crippen molar-refractivity contribution in [1.82, 2.24) is 0 Å². The highest BCUT2D eigenvalue weighted by Gasteiger charge is 2.70. The van der Waals surface area contributed by atoms with E-state index in [9.17, 15) is 18.8 Å². The van der Waals surface area contributed by atoms with Crippen LogP contribution in [0.1, 0.15) is 24.1 Å².